The van der Waals surface area contributed by atoms with E-state index in [-0.39, 0.29) is 5.41 Å². The summed E-state index contributed by atoms with van der Waals surface area (Å²) in [6, 6.07) is 14.9. The second-order valence-electron chi connectivity index (χ2n) is 9.38. The molecule has 1 aliphatic heterocycles. The van der Waals surface area contributed by atoms with E-state index in [0.717, 1.165) is 57.2 Å². The standard InChI is InChI=1S/C28H32N2O/c1-8-30(9-2)21-11-12-22-20(15-21)10-13-24-27(22)31-26-14-18(3)23(16-25(26)29-24)19(4)17-28(5,6)7/h10-17H,3,8-9H2,1-2,4-7H3/b19-17-. The van der Waals surface area contributed by atoms with Crippen LogP contribution in [-0.4, -0.2) is 13.1 Å². The monoisotopic (exact) mass is 412 g/mol. The minimum absolute atomic E-state index is 0.107. The number of hydrogen-bond acceptors (Lipinski definition) is 3. The first-order valence-corrected chi connectivity index (χ1v) is 11.1. The Balaban J connectivity index is 1.83. The predicted octanol–water partition coefficient (Wildman–Crippen LogP) is 6.60. The number of fused-ring (bicyclic) bond motifs is 4. The largest absolute Gasteiger partial charge is 0.452 e. The van der Waals surface area contributed by atoms with Crippen LogP contribution in [0.3, 0.4) is 0 Å². The minimum atomic E-state index is 0.107. The summed E-state index contributed by atoms with van der Waals surface area (Å²) in [5.74, 6) is 1.59. The third-order valence-corrected chi connectivity index (χ3v) is 5.77. The molecule has 0 fully saturated rings. The van der Waals surface area contributed by atoms with E-state index < -0.39 is 0 Å². The number of hydrogen-bond donors (Lipinski definition) is 0. The Hall–Kier alpha value is -3.07. The van der Waals surface area contributed by atoms with Gasteiger partial charge in [-0.25, -0.2) is 4.99 Å². The lowest BCUT2D eigenvalue weighted by Crippen LogP contribution is -2.21. The van der Waals surface area contributed by atoms with Gasteiger partial charge in [-0.15, -0.1) is 0 Å². The third-order valence-electron chi connectivity index (χ3n) is 5.77. The highest BCUT2D eigenvalue weighted by Crippen LogP contribution is 2.41. The Morgan fingerprint density at radius 1 is 1.06 bits per heavy atom. The molecule has 0 radical (unpaired) electrons. The molecular formula is C28H32N2O. The molecule has 4 rings (SSSR count). The van der Waals surface area contributed by atoms with Gasteiger partial charge in [0.1, 0.15) is 11.0 Å². The van der Waals surface area contributed by atoms with Gasteiger partial charge in [0.05, 0.1) is 0 Å². The number of anilines is 1. The smallest absolute Gasteiger partial charge is 0.160 e. The lowest BCUT2D eigenvalue weighted by Gasteiger charge is -2.22. The molecule has 0 amide bonds. The van der Waals surface area contributed by atoms with Crippen molar-refractivity contribution in [2.75, 3.05) is 18.0 Å². The van der Waals surface area contributed by atoms with Crippen molar-refractivity contribution in [3.8, 4) is 11.5 Å². The van der Waals surface area contributed by atoms with E-state index >= 15 is 0 Å². The molecule has 0 atom stereocenters. The molecule has 31 heavy (non-hydrogen) atoms. The van der Waals surface area contributed by atoms with Crippen LogP contribution in [0.2, 0.25) is 0 Å². The van der Waals surface area contributed by atoms with Gasteiger partial charge in [0.2, 0.25) is 0 Å². The highest BCUT2D eigenvalue weighted by molar-refractivity contribution is 5.95. The van der Waals surface area contributed by atoms with E-state index in [4.69, 9.17) is 9.73 Å². The molecule has 3 aromatic carbocycles. The molecule has 0 saturated heterocycles. The Morgan fingerprint density at radius 3 is 2.48 bits per heavy atom. The molecule has 0 unspecified atom stereocenters. The van der Waals surface area contributed by atoms with Crippen LogP contribution in [0.4, 0.5) is 11.4 Å². The first-order chi connectivity index (χ1) is 14.7. The molecule has 3 nitrogen and oxygen atoms in total. The minimum Gasteiger partial charge on any atom is -0.452 e. The van der Waals surface area contributed by atoms with Gasteiger partial charge in [0.25, 0.3) is 0 Å². The second kappa shape index (κ2) is 7.88. The molecule has 3 heteroatoms. The van der Waals surface area contributed by atoms with E-state index in [1.807, 2.05) is 6.07 Å². The Morgan fingerprint density at radius 2 is 1.81 bits per heavy atom. The van der Waals surface area contributed by atoms with Crippen LogP contribution < -0.4 is 20.2 Å². The summed E-state index contributed by atoms with van der Waals surface area (Å²) >= 11 is 0. The van der Waals surface area contributed by atoms with Gasteiger partial charge in [0.15, 0.2) is 11.5 Å². The average molecular weight is 413 g/mol. The zero-order valence-electron chi connectivity index (χ0n) is 19.5. The normalized spacial score (nSPS) is 13.3. The van der Waals surface area contributed by atoms with Gasteiger partial charge < -0.3 is 9.64 Å². The summed E-state index contributed by atoms with van der Waals surface area (Å²) in [4.78, 5) is 7.29. The fraction of sp³-hybridized carbons (Fsp3) is 0.321. The van der Waals surface area contributed by atoms with Crippen LogP contribution in [0.15, 0.2) is 53.5 Å². The fourth-order valence-corrected chi connectivity index (χ4v) is 4.37. The van der Waals surface area contributed by atoms with E-state index in [1.165, 1.54) is 11.3 Å². The van der Waals surface area contributed by atoms with Crippen molar-refractivity contribution in [2.45, 2.75) is 41.5 Å². The van der Waals surface area contributed by atoms with Crippen LogP contribution in [-0.2, 0) is 0 Å². The highest BCUT2D eigenvalue weighted by atomic mass is 16.5. The van der Waals surface area contributed by atoms with Crippen molar-refractivity contribution in [3.05, 3.63) is 64.7 Å². The van der Waals surface area contributed by atoms with Crippen molar-refractivity contribution < 1.29 is 4.74 Å². The van der Waals surface area contributed by atoms with Gasteiger partial charge in [-0.3, -0.25) is 0 Å². The molecule has 1 aliphatic rings. The van der Waals surface area contributed by atoms with Crippen LogP contribution in [0, 0.1) is 5.41 Å². The van der Waals surface area contributed by atoms with Crippen molar-refractivity contribution in [3.63, 3.8) is 0 Å². The number of nitrogens with zero attached hydrogens (tertiary/aromatic N) is 2. The number of allylic oxidation sites excluding steroid dienone is 2. The first kappa shape index (κ1) is 21.2. The maximum Gasteiger partial charge on any atom is 0.160 e. The van der Waals surface area contributed by atoms with E-state index in [2.05, 4.69) is 95.5 Å². The molecule has 0 saturated carbocycles. The molecule has 0 aromatic heterocycles. The lowest BCUT2D eigenvalue weighted by molar-refractivity contribution is 0.475. The Kier molecular flexibility index (Phi) is 5.38. The summed E-state index contributed by atoms with van der Waals surface area (Å²) in [7, 11) is 0. The second-order valence-corrected chi connectivity index (χ2v) is 9.38. The quantitative estimate of drug-likeness (QED) is 0.377. The first-order valence-electron chi connectivity index (χ1n) is 11.1. The van der Waals surface area contributed by atoms with E-state index in [0.29, 0.717) is 0 Å². The average Bonchev–Trinajstić information content (AvgIpc) is 2.71. The summed E-state index contributed by atoms with van der Waals surface area (Å²) < 4.78 is 6.39. The van der Waals surface area contributed by atoms with E-state index in [1.54, 1.807) is 0 Å². The summed E-state index contributed by atoms with van der Waals surface area (Å²) in [6.45, 7) is 19.4. The summed E-state index contributed by atoms with van der Waals surface area (Å²) in [5, 5.41) is 4.06. The van der Waals surface area contributed by atoms with Crippen molar-refractivity contribution >= 4 is 34.3 Å². The van der Waals surface area contributed by atoms with Gasteiger partial charge >= 0.3 is 0 Å². The topological polar surface area (TPSA) is 24.8 Å². The van der Waals surface area contributed by atoms with Gasteiger partial charge in [-0.05, 0) is 84.3 Å². The Labute approximate surface area is 185 Å². The molecule has 0 aliphatic carbocycles. The summed E-state index contributed by atoms with van der Waals surface area (Å²) in [5.41, 5.74) is 4.54. The SMILES string of the molecule is C=c1cc2c(cc1/C(C)=C\C(C)(C)C)=Nc1ccc3cc(N(CC)CC)ccc3c1O2. The number of ether oxygens (including phenoxy) is 1. The van der Waals surface area contributed by atoms with Crippen molar-refractivity contribution in [1.29, 1.82) is 0 Å². The molecule has 0 spiro atoms. The maximum absolute atomic E-state index is 6.39. The Bertz CT molecular complexity index is 1290. The molecule has 1 heterocycles. The molecule has 0 bridgehead atoms. The van der Waals surface area contributed by atoms with E-state index in [9.17, 15) is 0 Å². The van der Waals surface area contributed by atoms with Crippen LogP contribution in [0.5, 0.6) is 11.5 Å². The van der Waals surface area contributed by atoms with Crippen molar-refractivity contribution in [1.82, 2.24) is 0 Å². The molecule has 3 aromatic rings. The summed E-state index contributed by atoms with van der Waals surface area (Å²) in [6.07, 6.45) is 2.28. The molecular weight excluding hydrogens is 380 g/mol. The highest BCUT2D eigenvalue weighted by Gasteiger charge is 2.18. The van der Waals surface area contributed by atoms with Crippen LogP contribution in [0.25, 0.3) is 22.9 Å². The molecule has 160 valence electrons. The van der Waals surface area contributed by atoms with Crippen molar-refractivity contribution in [2.24, 2.45) is 10.4 Å². The van der Waals surface area contributed by atoms with Crippen LogP contribution in [0.1, 0.15) is 47.1 Å². The van der Waals surface area contributed by atoms with Gasteiger partial charge in [0, 0.05) is 24.2 Å². The van der Waals surface area contributed by atoms with Gasteiger partial charge in [-0.2, -0.15) is 0 Å². The zero-order chi connectivity index (χ0) is 22.3. The number of rotatable bonds is 4. The third kappa shape index (κ3) is 4.10. The van der Waals surface area contributed by atoms with Gasteiger partial charge in [-0.1, -0.05) is 39.5 Å². The molecule has 0 N–H and O–H groups in total. The lowest BCUT2D eigenvalue weighted by atomic mass is 9.91. The number of benzene rings is 3. The maximum atomic E-state index is 6.39. The van der Waals surface area contributed by atoms with Crippen LogP contribution >= 0.6 is 0 Å². The predicted molar refractivity (Wildman–Crippen MR) is 133 cm³/mol. The zero-order valence-corrected chi connectivity index (χ0v) is 19.5. The fourth-order valence-electron chi connectivity index (χ4n) is 4.37.